The third-order valence-electron chi connectivity index (χ3n) is 2.54. The highest BCUT2D eigenvalue weighted by Gasteiger charge is 2.22. The summed E-state index contributed by atoms with van der Waals surface area (Å²) >= 11 is 5.83. The summed E-state index contributed by atoms with van der Waals surface area (Å²) in [7, 11) is 1.34. The monoisotopic (exact) mass is 266 g/mol. The minimum Gasteiger partial charge on any atom is -0.469 e. The number of carbonyl (C=O) groups excluding carboxylic acids is 1. The molecule has 0 aliphatic rings. The van der Waals surface area contributed by atoms with Crippen molar-refractivity contribution in [1.29, 1.82) is 0 Å². The average Bonchev–Trinajstić information content (AvgIpc) is 2.90. The zero-order valence-electron chi connectivity index (χ0n) is 9.63. The summed E-state index contributed by atoms with van der Waals surface area (Å²) in [4.78, 5) is 11.4. The number of hydrogen-bond acceptors (Lipinski definition) is 5. The van der Waals surface area contributed by atoms with Gasteiger partial charge in [-0.2, -0.15) is 5.21 Å². The van der Waals surface area contributed by atoms with E-state index in [-0.39, 0.29) is 18.3 Å². The molecule has 1 aromatic heterocycles. The maximum absolute atomic E-state index is 11.4. The van der Waals surface area contributed by atoms with Gasteiger partial charge in [0.2, 0.25) is 0 Å². The molecule has 0 aliphatic carbocycles. The smallest absolute Gasteiger partial charge is 0.306 e. The first-order valence-corrected chi connectivity index (χ1v) is 5.64. The molecule has 0 aliphatic heterocycles. The molecule has 1 aromatic carbocycles. The van der Waals surface area contributed by atoms with Crippen molar-refractivity contribution in [2.75, 3.05) is 7.11 Å². The predicted octanol–water partition coefficient (Wildman–Crippen LogP) is 1.55. The predicted molar refractivity (Wildman–Crippen MR) is 64.1 cm³/mol. The largest absolute Gasteiger partial charge is 0.469 e. The van der Waals surface area contributed by atoms with Crippen LogP contribution in [0.25, 0.3) is 0 Å². The van der Waals surface area contributed by atoms with E-state index < -0.39 is 0 Å². The van der Waals surface area contributed by atoms with Crippen molar-refractivity contribution in [3.05, 3.63) is 40.7 Å². The zero-order chi connectivity index (χ0) is 13.0. The van der Waals surface area contributed by atoms with Crippen LogP contribution in [0.2, 0.25) is 5.02 Å². The standard InChI is InChI=1S/C11H11ClN4O2/c1-18-10(17)6-9(11-13-15-16-14-11)7-2-4-8(12)5-3-7/h2-5,9H,6H2,1H3,(H,13,14,15,16). The van der Waals surface area contributed by atoms with Gasteiger partial charge in [0.25, 0.3) is 0 Å². The number of halogens is 1. The number of nitrogens with one attached hydrogen (secondary N) is 1. The fourth-order valence-electron chi connectivity index (χ4n) is 1.62. The van der Waals surface area contributed by atoms with Crippen molar-refractivity contribution in [2.45, 2.75) is 12.3 Å². The van der Waals surface area contributed by atoms with Crippen molar-refractivity contribution in [3.63, 3.8) is 0 Å². The van der Waals surface area contributed by atoms with E-state index in [0.717, 1.165) is 5.56 Å². The third-order valence-corrected chi connectivity index (χ3v) is 2.80. The lowest BCUT2D eigenvalue weighted by Gasteiger charge is -2.12. The molecule has 0 amide bonds. The van der Waals surface area contributed by atoms with Gasteiger partial charge in [-0.3, -0.25) is 4.79 Å². The van der Waals surface area contributed by atoms with Crippen LogP contribution in [-0.4, -0.2) is 33.7 Å². The molecule has 0 saturated heterocycles. The molecule has 18 heavy (non-hydrogen) atoms. The van der Waals surface area contributed by atoms with Crippen LogP contribution in [0.1, 0.15) is 23.7 Å². The first-order valence-electron chi connectivity index (χ1n) is 5.26. The summed E-state index contributed by atoms with van der Waals surface area (Å²) < 4.78 is 4.67. The number of aromatic amines is 1. The summed E-state index contributed by atoms with van der Waals surface area (Å²) in [5, 5.41) is 14.3. The summed E-state index contributed by atoms with van der Waals surface area (Å²) in [5.74, 6) is -0.184. The summed E-state index contributed by atoms with van der Waals surface area (Å²) in [6, 6.07) is 7.15. The Morgan fingerprint density at radius 3 is 2.72 bits per heavy atom. The van der Waals surface area contributed by atoms with Crippen molar-refractivity contribution in [2.24, 2.45) is 0 Å². The zero-order valence-corrected chi connectivity index (χ0v) is 10.4. The number of ether oxygens (including phenoxy) is 1. The van der Waals surface area contributed by atoms with Crippen LogP contribution in [0.4, 0.5) is 0 Å². The van der Waals surface area contributed by atoms with Crippen LogP contribution in [0.5, 0.6) is 0 Å². The van der Waals surface area contributed by atoms with Gasteiger partial charge in [-0.15, -0.1) is 10.2 Å². The van der Waals surface area contributed by atoms with E-state index >= 15 is 0 Å². The molecule has 1 unspecified atom stereocenters. The number of methoxy groups -OCH3 is 1. The molecule has 1 heterocycles. The maximum atomic E-state index is 11.4. The molecule has 2 rings (SSSR count). The lowest BCUT2D eigenvalue weighted by molar-refractivity contribution is -0.140. The Bertz CT molecular complexity index is 512. The van der Waals surface area contributed by atoms with Gasteiger partial charge in [-0.25, -0.2) is 0 Å². The molecular weight excluding hydrogens is 256 g/mol. The molecule has 0 fully saturated rings. The Balaban J connectivity index is 2.30. The van der Waals surface area contributed by atoms with Crippen LogP contribution in [-0.2, 0) is 9.53 Å². The number of esters is 1. The number of rotatable bonds is 4. The van der Waals surface area contributed by atoms with Gasteiger partial charge in [0.05, 0.1) is 19.4 Å². The SMILES string of the molecule is COC(=O)CC(c1ccc(Cl)cc1)c1nn[nH]n1. The van der Waals surface area contributed by atoms with Crippen molar-refractivity contribution < 1.29 is 9.53 Å². The summed E-state index contributed by atoms with van der Waals surface area (Å²) in [6.07, 6.45) is 0.150. The number of tetrazole rings is 1. The van der Waals surface area contributed by atoms with Crippen LogP contribution in [0, 0.1) is 0 Å². The van der Waals surface area contributed by atoms with E-state index in [1.807, 2.05) is 12.1 Å². The highest BCUT2D eigenvalue weighted by Crippen LogP contribution is 2.26. The van der Waals surface area contributed by atoms with E-state index in [1.165, 1.54) is 7.11 Å². The lowest BCUT2D eigenvalue weighted by atomic mass is 9.95. The van der Waals surface area contributed by atoms with E-state index in [2.05, 4.69) is 25.4 Å². The van der Waals surface area contributed by atoms with Gasteiger partial charge in [0.1, 0.15) is 0 Å². The average molecular weight is 267 g/mol. The molecule has 6 nitrogen and oxygen atoms in total. The molecule has 0 bridgehead atoms. The highest BCUT2D eigenvalue weighted by molar-refractivity contribution is 6.30. The quantitative estimate of drug-likeness (QED) is 0.849. The molecule has 2 aromatic rings. The highest BCUT2D eigenvalue weighted by atomic mass is 35.5. The Kier molecular flexibility index (Phi) is 3.88. The number of aromatic nitrogens is 4. The Morgan fingerprint density at radius 1 is 1.44 bits per heavy atom. The van der Waals surface area contributed by atoms with E-state index in [4.69, 9.17) is 11.6 Å². The van der Waals surface area contributed by atoms with Crippen LogP contribution < -0.4 is 0 Å². The minimum atomic E-state index is -0.334. The third kappa shape index (κ3) is 2.84. The summed E-state index contributed by atoms with van der Waals surface area (Å²) in [6.45, 7) is 0. The van der Waals surface area contributed by atoms with Gasteiger partial charge in [0, 0.05) is 5.02 Å². The first-order chi connectivity index (χ1) is 8.70. The fraction of sp³-hybridized carbons (Fsp3) is 0.273. The van der Waals surface area contributed by atoms with Crippen LogP contribution >= 0.6 is 11.6 Å². The fourth-order valence-corrected chi connectivity index (χ4v) is 1.75. The van der Waals surface area contributed by atoms with E-state index in [0.29, 0.717) is 10.8 Å². The number of nitrogens with zero attached hydrogens (tertiary/aromatic N) is 3. The van der Waals surface area contributed by atoms with Gasteiger partial charge in [0.15, 0.2) is 5.82 Å². The molecule has 0 saturated carbocycles. The number of benzene rings is 1. The first kappa shape index (κ1) is 12.5. The van der Waals surface area contributed by atoms with Gasteiger partial charge >= 0.3 is 5.97 Å². The van der Waals surface area contributed by atoms with Crippen molar-refractivity contribution >= 4 is 17.6 Å². The van der Waals surface area contributed by atoms with Crippen LogP contribution in [0.3, 0.4) is 0 Å². The molecule has 1 atom stereocenters. The normalized spacial score (nSPS) is 12.1. The number of carbonyl (C=O) groups is 1. The number of H-pyrrole nitrogens is 1. The molecule has 94 valence electrons. The summed E-state index contributed by atoms with van der Waals surface area (Å²) in [5.41, 5.74) is 0.881. The van der Waals surface area contributed by atoms with Gasteiger partial charge in [-0.1, -0.05) is 28.9 Å². The van der Waals surface area contributed by atoms with E-state index in [9.17, 15) is 4.79 Å². The minimum absolute atomic E-state index is 0.150. The number of hydrogen-bond donors (Lipinski definition) is 1. The molecular formula is C11H11ClN4O2. The maximum Gasteiger partial charge on any atom is 0.306 e. The second-order valence-electron chi connectivity index (χ2n) is 3.65. The molecule has 0 spiro atoms. The molecule has 0 radical (unpaired) electrons. The molecule has 1 N–H and O–H groups in total. The topological polar surface area (TPSA) is 80.8 Å². The lowest BCUT2D eigenvalue weighted by Crippen LogP contribution is -2.11. The molecule has 7 heteroatoms. The second-order valence-corrected chi connectivity index (χ2v) is 4.09. The Hall–Kier alpha value is -1.95. The van der Waals surface area contributed by atoms with Crippen molar-refractivity contribution in [1.82, 2.24) is 20.6 Å². The second kappa shape index (κ2) is 5.59. The van der Waals surface area contributed by atoms with Crippen molar-refractivity contribution in [3.8, 4) is 0 Å². The van der Waals surface area contributed by atoms with Crippen LogP contribution in [0.15, 0.2) is 24.3 Å². The Labute approximate surface area is 108 Å². The van der Waals surface area contributed by atoms with E-state index in [1.54, 1.807) is 12.1 Å². The van der Waals surface area contributed by atoms with Gasteiger partial charge < -0.3 is 4.74 Å². The van der Waals surface area contributed by atoms with Gasteiger partial charge in [-0.05, 0) is 17.7 Å². The Morgan fingerprint density at radius 2 is 2.17 bits per heavy atom.